The summed E-state index contributed by atoms with van der Waals surface area (Å²) in [4.78, 5) is -0.178. The first-order valence-electron chi connectivity index (χ1n) is 11.1. The van der Waals surface area contributed by atoms with E-state index in [0.717, 1.165) is 11.0 Å². The number of benzene rings is 1. The van der Waals surface area contributed by atoms with E-state index in [1.807, 2.05) is 6.92 Å². The summed E-state index contributed by atoms with van der Waals surface area (Å²) < 4.78 is 32.4. The van der Waals surface area contributed by atoms with Crippen LogP contribution in [0.1, 0.15) is 83.6 Å². The third kappa shape index (κ3) is 15.1. The topological polar surface area (TPSA) is 57.2 Å². The van der Waals surface area contributed by atoms with Crippen molar-refractivity contribution >= 4 is 26.0 Å². The van der Waals surface area contributed by atoms with Crippen LogP contribution in [0.2, 0.25) is 0 Å². The molecular weight excluding hydrogens is 450 g/mol. The van der Waals surface area contributed by atoms with Gasteiger partial charge in [-0.05, 0) is 60.7 Å². The van der Waals surface area contributed by atoms with Gasteiger partial charge in [-0.3, -0.25) is 0 Å². The second-order valence-corrected chi connectivity index (χ2v) is 10.2. The van der Waals surface area contributed by atoms with E-state index in [9.17, 15) is 13.0 Å². The van der Waals surface area contributed by atoms with Crippen LogP contribution in [0.15, 0.2) is 29.2 Å². The van der Waals surface area contributed by atoms with Gasteiger partial charge in [0.15, 0.2) is 0 Å². The van der Waals surface area contributed by atoms with E-state index in [2.05, 4.69) is 36.8 Å². The van der Waals surface area contributed by atoms with E-state index in [1.165, 1.54) is 93.9 Å². The molecule has 29 heavy (non-hydrogen) atoms. The Labute approximate surface area is 188 Å². The quantitative estimate of drug-likeness (QED) is 0.0964. The SMILES string of the molecule is CCCCCCC[N+](C)(CBr)CCCCCCC.Cc1ccc(S(=O)(=O)[O-])cc1. The lowest BCUT2D eigenvalue weighted by molar-refractivity contribution is -0.896. The molecule has 1 rings (SSSR count). The highest BCUT2D eigenvalue weighted by Crippen LogP contribution is 2.14. The molecule has 0 atom stereocenters. The minimum atomic E-state index is -4.27. The van der Waals surface area contributed by atoms with Gasteiger partial charge < -0.3 is 9.04 Å². The number of quaternary nitrogens is 1. The van der Waals surface area contributed by atoms with Gasteiger partial charge in [0, 0.05) is 0 Å². The molecule has 6 heteroatoms. The van der Waals surface area contributed by atoms with Gasteiger partial charge in [-0.2, -0.15) is 0 Å². The minimum Gasteiger partial charge on any atom is -0.744 e. The van der Waals surface area contributed by atoms with Crippen molar-refractivity contribution in [3.05, 3.63) is 29.8 Å². The summed E-state index contributed by atoms with van der Waals surface area (Å²) in [7, 11) is -1.86. The smallest absolute Gasteiger partial charge is 0.134 e. The number of unbranched alkanes of at least 4 members (excludes halogenated alkanes) is 8. The van der Waals surface area contributed by atoms with Crippen molar-refractivity contribution in [1.82, 2.24) is 0 Å². The van der Waals surface area contributed by atoms with Gasteiger partial charge >= 0.3 is 0 Å². The standard InChI is InChI=1S/C16H35BrN.C7H8O3S/c1-4-6-8-10-12-14-18(3,16-17)15-13-11-9-7-5-2;1-6-2-4-7(5-3-6)11(8,9)10/h4-16H2,1-3H3;2-5H,1H3,(H,8,9,10)/q+1;/p-1. The Morgan fingerprint density at radius 3 is 1.59 bits per heavy atom. The molecule has 0 amide bonds. The van der Waals surface area contributed by atoms with Gasteiger partial charge in [0.05, 0.1) is 25.0 Å². The number of alkyl halides is 1. The number of halogens is 1. The van der Waals surface area contributed by atoms with Crippen LogP contribution in [0.5, 0.6) is 0 Å². The first-order chi connectivity index (χ1) is 13.7. The van der Waals surface area contributed by atoms with Gasteiger partial charge in [-0.25, -0.2) is 8.42 Å². The van der Waals surface area contributed by atoms with Crippen molar-refractivity contribution in [2.75, 3.05) is 25.6 Å². The van der Waals surface area contributed by atoms with E-state index < -0.39 is 10.1 Å². The highest BCUT2D eigenvalue weighted by molar-refractivity contribution is 9.09. The maximum absolute atomic E-state index is 10.4. The number of hydrogen-bond donors (Lipinski definition) is 0. The zero-order valence-electron chi connectivity index (χ0n) is 19.0. The lowest BCUT2D eigenvalue weighted by atomic mass is 10.1. The molecule has 1 aromatic rings. The zero-order valence-corrected chi connectivity index (χ0v) is 21.4. The highest BCUT2D eigenvalue weighted by atomic mass is 79.9. The zero-order chi connectivity index (χ0) is 22.2. The molecule has 4 nitrogen and oxygen atoms in total. The van der Waals surface area contributed by atoms with Crippen molar-refractivity contribution in [3.63, 3.8) is 0 Å². The van der Waals surface area contributed by atoms with Gasteiger partial charge in [0.2, 0.25) is 0 Å². The van der Waals surface area contributed by atoms with Gasteiger partial charge in [0.1, 0.15) is 15.6 Å². The molecule has 0 N–H and O–H groups in total. The maximum atomic E-state index is 10.4. The van der Waals surface area contributed by atoms with E-state index >= 15 is 0 Å². The first-order valence-corrected chi connectivity index (χ1v) is 13.6. The van der Waals surface area contributed by atoms with E-state index in [4.69, 9.17) is 0 Å². The third-order valence-electron chi connectivity index (χ3n) is 5.20. The van der Waals surface area contributed by atoms with Crippen LogP contribution in [0.3, 0.4) is 0 Å². The Morgan fingerprint density at radius 1 is 0.828 bits per heavy atom. The first kappa shape index (κ1) is 28.6. The molecule has 0 aliphatic rings. The molecule has 1 aromatic carbocycles. The third-order valence-corrected chi connectivity index (χ3v) is 7.26. The van der Waals surface area contributed by atoms with Gasteiger partial charge in [-0.15, -0.1) is 0 Å². The number of hydrogen-bond acceptors (Lipinski definition) is 3. The number of nitrogens with zero attached hydrogens (tertiary/aromatic N) is 1. The summed E-state index contributed by atoms with van der Waals surface area (Å²) >= 11 is 3.71. The summed E-state index contributed by atoms with van der Waals surface area (Å²) in [5.41, 5.74) is 2.05. The molecule has 0 heterocycles. The molecule has 0 radical (unpaired) electrons. The molecule has 0 unspecified atom stereocenters. The fourth-order valence-corrected chi connectivity index (χ4v) is 4.10. The molecule has 0 bridgehead atoms. The lowest BCUT2D eigenvalue weighted by Gasteiger charge is -2.32. The Balaban J connectivity index is 0.000000604. The largest absolute Gasteiger partial charge is 0.744 e. The molecule has 0 fully saturated rings. The van der Waals surface area contributed by atoms with Crippen LogP contribution in [-0.4, -0.2) is 43.0 Å². The molecule has 0 aliphatic heterocycles. The van der Waals surface area contributed by atoms with E-state index in [0.29, 0.717) is 0 Å². The second-order valence-electron chi connectivity index (χ2n) is 8.28. The average Bonchev–Trinajstić information content (AvgIpc) is 2.68. The van der Waals surface area contributed by atoms with Crippen molar-refractivity contribution in [2.45, 2.75) is 89.9 Å². The molecule has 0 aliphatic carbocycles. The van der Waals surface area contributed by atoms with Crippen LogP contribution < -0.4 is 0 Å². The molecule has 0 spiro atoms. The van der Waals surface area contributed by atoms with Crippen molar-refractivity contribution in [2.24, 2.45) is 0 Å². The van der Waals surface area contributed by atoms with Crippen molar-refractivity contribution in [1.29, 1.82) is 0 Å². The highest BCUT2D eigenvalue weighted by Gasteiger charge is 2.18. The van der Waals surface area contributed by atoms with Crippen LogP contribution in [-0.2, 0) is 10.1 Å². The Hall–Kier alpha value is -0.430. The predicted molar refractivity (Wildman–Crippen MR) is 126 cm³/mol. The van der Waals surface area contributed by atoms with Crippen LogP contribution >= 0.6 is 15.9 Å². The fraction of sp³-hybridized carbons (Fsp3) is 0.739. The van der Waals surface area contributed by atoms with Gasteiger partial charge in [0.25, 0.3) is 0 Å². The number of rotatable bonds is 14. The van der Waals surface area contributed by atoms with Crippen LogP contribution in [0.25, 0.3) is 0 Å². The molecule has 170 valence electrons. The molecular formula is C23H42BrNO3S. The fourth-order valence-electron chi connectivity index (χ4n) is 3.13. The normalized spacial score (nSPS) is 11.8. The summed E-state index contributed by atoms with van der Waals surface area (Å²) in [6, 6.07) is 5.78. The number of aryl methyl sites for hydroxylation is 1. The summed E-state index contributed by atoms with van der Waals surface area (Å²) in [5.74, 6) is 0. The molecule has 0 saturated heterocycles. The monoisotopic (exact) mass is 491 g/mol. The van der Waals surface area contributed by atoms with Gasteiger partial charge in [-0.1, -0.05) is 70.1 Å². The van der Waals surface area contributed by atoms with E-state index in [1.54, 1.807) is 12.1 Å². The second kappa shape index (κ2) is 16.3. The Bertz CT molecular complexity index is 604. The Morgan fingerprint density at radius 2 is 1.24 bits per heavy atom. The molecule has 0 saturated carbocycles. The van der Waals surface area contributed by atoms with Crippen molar-refractivity contribution in [3.8, 4) is 0 Å². The lowest BCUT2D eigenvalue weighted by Crippen LogP contribution is -2.44. The van der Waals surface area contributed by atoms with Crippen LogP contribution in [0.4, 0.5) is 0 Å². The summed E-state index contributed by atoms with van der Waals surface area (Å²) in [6.45, 7) is 9.09. The summed E-state index contributed by atoms with van der Waals surface area (Å²) in [5, 5.41) is 0. The van der Waals surface area contributed by atoms with Crippen molar-refractivity contribution < 1.29 is 17.5 Å². The van der Waals surface area contributed by atoms with Crippen LogP contribution in [0, 0.1) is 6.92 Å². The Kier molecular flexibility index (Phi) is 16.0. The minimum absolute atomic E-state index is 0.178. The van der Waals surface area contributed by atoms with E-state index in [-0.39, 0.29) is 4.90 Å². The predicted octanol–water partition coefficient (Wildman–Crippen LogP) is 6.63. The summed E-state index contributed by atoms with van der Waals surface area (Å²) in [6.07, 6.45) is 14.0. The average molecular weight is 493 g/mol. The maximum Gasteiger partial charge on any atom is 0.134 e. The molecule has 0 aromatic heterocycles.